The first kappa shape index (κ1) is 13.1. The Hall–Kier alpha value is -1.33. The zero-order chi connectivity index (χ0) is 13.1. The average Bonchev–Trinajstić information content (AvgIpc) is 2.35. The number of halogens is 1. The number of fused-ring (bicyclic) bond motifs is 1. The second-order valence-electron chi connectivity index (χ2n) is 4.55. The van der Waals surface area contributed by atoms with Crippen LogP contribution in [-0.2, 0) is 6.42 Å². The smallest absolute Gasteiger partial charge is 0.164 e. The summed E-state index contributed by atoms with van der Waals surface area (Å²) in [6, 6.07) is 2.66. The molecule has 1 heterocycles. The van der Waals surface area contributed by atoms with Crippen molar-refractivity contribution < 1.29 is 19.0 Å². The molecule has 2 atom stereocenters. The predicted octanol–water partition coefficient (Wildman–Crippen LogP) is 1.24. The number of aliphatic hydroxyl groups is 1. The van der Waals surface area contributed by atoms with E-state index >= 15 is 0 Å². The van der Waals surface area contributed by atoms with Gasteiger partial charge in [0.2, 0.25) is 0 Å². The summed E-state index contributed by atoms with van der Waals surface area (Å²) < 4.78 is 24.5. The van der Waals surface area contributed by atoms with Crippen LogP contribution in [0.4, 0.5) is 4.39 Å². The standard InChI is InChI=1S/C13H18FNO3/c1-8(15)11(16)3-2-9-6-12-13(7-10(9)14)18-5-4-17-12/h6-8,11,16H,2-5,15H2,1H3. The lowest BCUT2D eigenvalue weighted by atomic mass is 10.0. The van der Waals surface area contributed by atoms with Crippen molar-refractivity contribution >= 4 is 0 Å². The highest BCUT2D eigenvalue weighted by Crippen LogP contribution is 2.33. The summed E-state index contributed by atoms with van der Waals surface area (Å²) in [5, 5.41) is 9.61. The van der Waals surface area contributed by atoms with E-state index < -0.39 is 6.10 Å². The van der Waals surface area contributed by atoms with Crippen LogP contribution < -0.4 is 15.2 Å². The molecule has 0 saturated heterocycles. The molecule has 4 nitrogen and oxygen atoms in total. The number of hydrogen-bond acceptors (Lipinski definition) is 4. The van der Waals surface area contributed by atoms with Crippen molar-refractivity contribution in [1.82, 2.24) is 0 Å². The first-order valence-electron chi connectivity index (χ1n) is 6.09. The largest absolute Gasteiger partial charge is 0.486 e. The molecule has 1 aliphatic heterocycles. The molecule has 0 bridgehead atoms. The third kappa shape index (κ3) is 2.91. The maximum atomic E-state index is 13.8. The zero-order valence-corrected chi connectivity index (χ0v) is 10.4. The highest BCUT2D eigenvalue weighted by molar-refractivity contribution is 5.44. The number of benzene rings is 1. The van der Waals surface area contributed by atoms with Gasteiger partial charge in [-0.05, 0) is 31.4 Å². The highest BCUT2D eigenvalue weighted by Gasteiger charge is 2.17. The van der Waals surface area contributed by atoms with E-state index in [2.05, 4.69) is 0 Å². The molecule has 18 heavy (non-hydrogen) atoms. The minimum Gasteiger partial charge on any atom is -0.486 e. The quantitative estimate of drug-likeness (QED) is 0.849. The Morgan fingerprint density at radius 3 is 2.56 bits per heavy atom. The molecule has 1 aromatic carbocycles. The average molecular weight is 255 g/mol. The first-order valence-corrected chi connectivity index (χ1v) is 6.09. The van der Waals surface area contributed by atoms with E-state index in [1.165, 1.54) is 6.07 Å². The summed E-state index contributed by atoms with van der Waals surface area (Å²) in [6.07, 6.45) is 0.219. The van der Waals surface area contributed by atoms with Gasteiger partial charge in [-0.2, -0.15) is 0 Å². The van der Waals surface area contributed by atoms with Crippen molar-refractivity contribution in [3.8, 4) is 11.5 Å². The lowest BCUT2D eigenvalue weighted by molar-refractivity contribution is 0.141. The third-order valence-corrected chi connectivity index (χ3v) is 3.03. The number of hydrogen-bond donors (Lipinski definition) is 2. The summed E-state index contributed by atoms with van der Waals surface area (Å²) in [7, 11) is 0. The molecule has 0 aromatic heterocycles. The molecule has 2 rings (SSSR count). The summed E-state index contributed by atoms with van der Waals surface area (Å²) in [6.45, 7) is 2.64. The van der Waals surface area contributed by atoms with E-state index in [4.69, 9.17) is 15.2 Å². The minimum atomic E-state index is -0.627. The second kappa shape index (κ2) is 5.54. The van der Waals surface area contributed by atoms with Crippen molar-refractivity contribution in [2.45, 2.75) is 31.9 Å². The molecule has 0 amide bonds. The molecule has 2 unspecified atom stereocenters. The van der Waals surface area contributed by atoms with Crippen LogP contribution in [0.5, 0.6) is 11.5 Å². The third-order valence-electron chi connectivity index (χ3n) is 3.03. The second-order valence-corrected chi connectivity index (χ2v) is 4.55. The van der Waals surface area contributed by atoms with Gasteiger partial charge in [-0.15, -0.1) is 0 Å². The molecule has 3 N–H and O–H groups in total. The van der Waals surface area contributed by atoms with Crippen LogP contribution in [-0.4, -0.2) is 30.5 Å². The van der Waals surface area contributed by atoms with Crippen LogP contribution >= 0.6 is 0 Å². The van der Waals surface area contributed by atoms with Crippen molar-refractivity contribution in [3.05, 3.63) is 23.5 Å². The Morgan fingerprint density at radius 1 is 1.33 bits per heavy atom. The van der Waals surface area contributed by atoms with Gasteiger partial charge in [-0.25, -0.2) is 4.39 Å². The Bertz CT molecular complexity index is 423. The minimum absolute atomic E-state index is 0.315. The van der Waals surface area contributed by atoms with Crippen LogP contribution in [0.25, 0.3) is 0 Å². The van der Waals surface area contributed by atoms with Crippen molar-refractivity contribution in [2.75, 3.05) is 13.2 Å². The van der Waals surface area contributed by atoms with Crippen LogP contribution in [0.2, 0.25) is 0 Å². The highest BCUT2D eigenvalue weighted by atomic mass is 19.1. The van der Waals surface area contributed by atoms with Crippen molar-refractivity contribution in [3.63, 3.8) is 0 Å². The normalized spacial score (nSPS) is 17.3. The molecule has 1 aromatic rings. The molecular weight excluding hydrogens is 237 g/mol. The Kier molecular flexibility index (Phi) is 4.04. The fourth-order valence-electron chi connectivity index (χ4n) is 1.86. The van der Waals surface area contributed by atoms with E-state index in [9.17, 15) is 9.50 Å². The molecule has 0 radical (unpaired) electrons. The first-order chi connectivity index (χ1) is 8.58. The summed E-state index contributed by atoms with van der Waals surface area (Å²) in [5.41, 5.74) is 6.07. The molecule has 5 heteroatoms. The zero-order valence-electron chi connectivity index (χ0n) is 10.4. The summed E-state index contributed by atoms with van der Waals surface area (Å²) >= 11 is 0. The molecular formula is C13H18FNO3. The number of aryl methyl sites for hydroxylation is 1. The maximum absolute atomic E-state index is 13.8. The van der Waals surface area contributed by atoms with Crippen LogP contribution in [0, 0.1) is 5.82 Å². The van der Waals surface area contributed by atoms with Gasteiger partial charge in [0.05, 0.1) is 6.10 Å². The topological polar surface area (TPSA) is 64.7 Å². The molecule has 100 valence electrons. The van der Waals surface area contributed by atoms with Gasteiger partial charge < -0.3 is 20.3 Å². The molecule has 0 spiro atoms. The van der Waals surface area contributed by atoms with Crippen LogP contribution in [0.3, 0.4) is 0 Å². The molecule has 0 fully saturated rings. The fourth-order valence-corrected chi connectivity index (χ4v) is 1.86. The maximum Gasteiger partial charge on any atom is 0.164 e. The number of nitrogens with two attached hydrogens (primary N) is 1. The van der Waals surface area contributed by atoms with Gasteiger partial charge in [0.15, 0.2) is 11.5 Å². The number of ether oxygens (including phenoxy) is 2. The van der Waals surface area contributed by atoms with Gasteiger partial charge in [0.25, 0.3) is 0 Å². The summed E-state index contributed by atoms with van der Waals surface area (Å²) in [5.74, 6) is 0.666. The Morgan fingerprint density at radius 2 is 1.94 bits per heavy atom. The van der Waals surface area contributed by atoms with Gasteiger partial charge in [0, 0.05) is 12.1 Å². The fraction of sp³-hybridized carbons (Fsp3) is 0.538. The Balaban J connectivity index is 2.08. The molecule has 1 aliphatic rings. The van der Waals surface area contributed by atoms with E-state index in [-0.39, 0.29) is 11.9 Å². The van der Waals surface area contributed by atoms with Crippen LogP contribution in [0.1, 0.15) is 18.9 Å². The lowest BCUT2D eigenvalue weighted by Gasteiger charge is -2.20. The van der Waals surface area contributed by atoms with Gasteiger partial charge >= 0.3 is 0 Å². The number of aliphatic hydroxyl groups excluding tert-OH is 1. The van der Waals surface area contributed by atoms with Gasteiger partial charge in [-0.1, -0.05) is 0 Å². The predicted molar refractivity (Wildman–Crippen MR) is 65.4 cm³/mol. The lowest BCUT2D eigenvalue weighted by Crippen LogP contribution is -2.31. The monoisotopic (exact) mass is 255 g/mol. The SMILES string of the molecule is CC(N)C(O)CCc1cc2c(cc1F)OCCO2. The van der Waals surface area contributed by atoms with Crippen molar-refractivity contribution in [2.24, 2.45) is 5.73 Å². The van der Waals surface area contributed by atoms with Crippen molar-refractivity contribution in [1.29, 1.82) is 0 Å². The number of rotatable bonds is 4. The Labute approximate surface area is 106 Å². The van der Waals surface area contributed by atoms with Gasteiger partial charge in [0.1, 0.15) is 19.0 Å². The van der Waals surface area contributed by atoms with E-state index in [1.807, 2.05) is 0 Å². The summed E-state index contributed by atoms with van der Waals surface area (Å²) in [4.78, 5) is 0. The van der Waals surface area contributed by atoms with E-state index in [1.54, 1.807) is 13.0 Å². The van der Waals surface area contributed by atoms with Crippen LogP contribution in [0.15, 0.2) is 12.1 Å². The molecule has 0 saturated carbocycles. The van der Waals surface area contributed by atoms with Gasteiger partial charge in [-0.3, -0.25) is 0 Å². The van der Waals surface area contributed by atoms with E-state index in [0.29, 0.717) is 43.1 Å². The molecule has 0 aliphatic carbocycles. The van der Waals surface area contributed by atoms with E-state index in [0.717, 1.165) is 0 Å².